The molecule has 21 heavy (non-hydrogen) atoms. The molecule has 3 aromatic rings. The van der Waals surface area contributed by atoms with Gasteiger partial charge in [0.2, 0.25) is 0 Å². The second kappa shape index (κ2) is 5.52. The van der Waals surface area contributed by atoms with Gasteiger partial charge in [0.05, 0.1) is 17.9 Å². The summed E-state index contributed by atoms with van der Waals surface area (Å²) in [7, 11) is 1.95. The molecule has 0 atom stereocenters. The first-order valence-electron chi connectivity index (χ1n) is 7.11. The van der Waals surface area contributed by atoms with Crippen molar-refractivity contribution in [3.63, 3.8) is 0 Å². The Morgan fingerprint density at radius 2 is 2.14 bits per heavy atom. The van der Waals surface area contributed by atoms with E-state index in [0.717, 1.165) is 47.9 Å². The van der Waals surface area contributed by atoms with Crippen molar-refractivity contribution in [1.82, 2.24) is 29.1 Å². The molecule has 3 rings (SSSR count). The summed E-state index contributed by atoms with van der Waals surface area (Å²) in [5, 5.41) is 8.79. The van der Waals surface area contributed by atoms with Crippen LogP contribution in [0.1, 0.15) is 24.1 Å². The molecule has 0 N–H and O–H groups in total. The van der Waals surface area contributed by atoms with Crippen molar-refractivity contribution < 1.29 is 0 Å². The van der Waals surface area contributed by atoms with Gasteiger partial charge >= 0.3 is 0 Å². The monoisotopic (exact) mass is 306 g/mol. The fourth-order valence-electron chi connectivity index (χ4n) is 2.65. The van der Waals surface area contributed by atoms with Crippen LogP contribution in [0.3, 0.4) is 0 Å². The van der Waals surface area contributed by atoms with E-state index in [1.54, 1.807) is 0 Å². The number of rotatable bonds is 5. The molecule has 0 aliphatic heterocycles. The number of aryl methyl sites for hydroxylation is 4. The van der Waals surface area contributed by atoms with Gasteiger partial charge in [-0.25, -0.2) is 9.67 Å². The van der Waals surface area contributed by atoms with E-state index in [2.05, 4.69) is 21.7 Å². The highest BCUT2D eigenvalue weighted by Gasteiger charge is 2.18. The van der Waals surface area contributed by atoms with Gasteiger partial charge < -0.3 is 4.57 Å². The van der Waals surface area contributed by atoms with E-state index in [-0.39, 0.29) is 0 Å². The summed E-state index contributed by atoms with van der Waals surface area (Å²) in [6.07, 6.45) is 2.56. The van der Waals surface area contributed by atoms with Gasteiger partial charge in [-0.3, -0.25) is 4.68 Å². The minimum absolute atomic E-state index is 0.559. The normalized spacial score (nSPS) is 11.6. The number of hydrogen-bond acceptors (Lipinski definition) is 3. The molecule has 0 saturated carbocycles. The molecule has 112 valence electrons. The summed E-state index contributed by atoms with van der Waals surface area (Å²) in [6, 6.07) is 2.02. The van der Waals surface area contributed by atoms with Crippen molar-refractivity contribution in [2.45, 2.75) is 33.4 Å². The van der Waals surface area contributed by atoms with Crippen LogP contribution in [0.15, 0.2) is 12.3 Å². The number of hydrogen-bond donors (Lipinski definition) is 0. The van der Waals surface area contributed by atoms with E-state index in [4.69, 9.17) is 16.6 Å². The Hall–Kier alpha value is -1.82. The predicted octanol–water partition coefficient (Wildman–Crippen LogP) is 2.12. The Morgan fingerprint density at radius 1 is 1.33 bits per heavy atom. The SMILES string of the molecule is CCn1nc(C)c2nc(CCCl)n(Cc3ccnn3C)c21. The molecular weight excluding hydrogens is 288 g/mol. The molecular formula is C14H19ClN6. The summed E-state index contributed by atoms with van der Waals surface area (Å²) in [5.41, 5.74) is 4.13. The Bertz CT molecular complexity index is 766. The molecule has 0 saturated heterocycles. The molecule has 0 amide bonds. The van der Waals surface area contributed by atoms with E-state index in [0.29, 0.717) is 5.88 Å². The summed E-state index contributed by atoms with van der Waals surface area (Å²) in [4.78, 5) is 4.75. The highest BCUT2D eigenvalue weighted by molar-refractivity contribution is 6.17. The maximum absolute atomic E-state index is 5.94. The quantitative estimate of drug-likeness (QED) is 0.679. The lowest BCUT2D eigenvalue weighted by atomic mass is 10.4. The van der Waals surface area contributed by atoms with Crippen molar-refractivity contribution in [1.29, 1.82) is 0 Å². The molecule has 0 unspecified atom stereocenters. The molecule has 0 fully saturated rings. The van der Waals surface area contributed by atoms with Gasteiger partial charge in [-0.1, -0.05) is 0 Å². The molecule has 0 bridgehead atoms. The zero-order chi connectivity index (χ0) is 15.0. The Labute approximate surface area is 128 Å². The smallest absolute Gasteiger partial charge is 0.159 e. The van der Waals surface area contributed by atoms with Gasteiger partial charge in [0.15, 0.2) is 5.65 Å². The standard InChI is InChI=1S/C14H19ClN6/c1-4-21-14-13(10(2)18-21)17-12(5-7-15)20(14)9-11-6-8-16-19(11)3/h6,8H,4-5,7,9H2,1-3H3. The number of aromatic nitrogens is 6. The molecule has 0 aliphatic carbocycles. The molecule has 3 heterocycles. The lowest BCUT2D eigenvalue weighted by molar-refractivity contribution is 0.614. The first-order valence-corrected chi connectivity index (χ1v) is 7.64. The second-order valence-corrected chi connectivity index (χ2v) is 5.45. The van der Waals surface area contributed by atoms with Crippen LogP contribution >= 0.6 is 11.6 Å². The molecule has 3 aromatic heterocycles. The van der Waals surface area contributed by atoms with Crippen molar-refractivity contribution in [2.75, 3.05) is 5.88 Å². The lowest BCUT2D eigenvalue weighted by Gasteiger charge is -2.10. The number of halogens is 1. The summed E-state index contributed by atoms with van der Waals surface area (Å²) in [6.45, 7) is 5.64. The van der Waals surface area contributed by atoms with Crippen molar-refractivity contribution in [3.8, 4) is 0 Å². The third-order valence-corrected chi connectivity index (χ3v) is 3.93. The average Bonchev–Trinajstić information content (AvgIpc) is 3.10. The maximum atomic E-state index is 5.94. The van der Waals surface area contributed by atoms with Gasteiger partial charge in [0.25, 0.3) is 0 Å². The van der Waals surface area contributed by atoms with E-state index in [1.807, 2.05) is 35.6 Å². The van der Waals surface area contributed by atoms with Gasteiger partial charge in [-0.2, -0.15) is 10.2 Å². The first kappa shape index (κ1) is 14.1. The highest BCUT2D eigenvalue weighted by Crippen LogP contribution is 2.21. The maximum Gasteiger partial charge on any atom is 0.159 e. The largest absolute Gasteiger partial charge is 0.307 e. The number of imidazole rings is 1. The lowest BCUT2D eigenvalue weighted by Crippen LogP contribution is -2.12. The summed E-state index contributed by atoms with van der Waals surface area (Å²) < 4.78 is 6.10. The molecule has 7 heteroatoms. The van der Waals surface area contributed by atoms with E-state index >= 15 is 0 Å². The van der Waals surface area contributed by atoms with Gasteiger partial charge in [-0.15, -0.1) is 11.6 Å². The molecule has 0 radical (unpaired) electrons. The number of nitrogens with zero attached hydrogens (tertiary/aromatic N) is 6. The van der Waals surface area contributed by atoms with E-state index < -0.39 is 0 Å². The molecule has 0 spiro atoms. The van der Waals surface area contributed by atoms with Crippen LogP contribution in [0.25, 0.3) is 11.2 Å². The fraction of sp³-hybridized carbons (Fsp3) is 0.500. The van der Waals surface area contributed by atoms with E-state index in [9.17, 15) is 0 Å². The van der Waals surface area contributed by atoms with Gasteiger partial charge in [0.1, 0.15) is 11.3 Å². The van der Waals surface area contributed by atoms with Gasteiger partial charge in [-0.05, 0) is 19.9 Å². The highest BCUT2D eigenvalue weighted by atomic mass is 35.5. The molecule has 6 nitrogen and oxygen atoms in total. The zero-order valence-electron chi connectivity index (χ0n) is 12.5. The number of fused-ring (bicyclic) bond motifs is 1. The van der Waals surface area contributed by atoms with Crippen LogP contribution in [-0.4, -0.2) is 35.0 Å². The van der Waals surface area contributed by atoms with Crippen LogP contribution in [0, 0.1) is 6.92 Å². The minimum atomic E-state index is 0.559. The van der Waals surface area contributed by atoms with Crippen molar-refractivity contribution >= 4 is 22.8 Å². The topological polar surface area (TPSA) is 53.5 Å². The van der Waals surface area contributed by atoms with Crippen LogP contribution in [0.5, 0.6) is 0 Å². The summed E-state index contributed by atoms with van der Waals surface area (Å²) >= 11 is 5.94. The first-order chi connectivity index (χ1) is 10.2. The zero-order valence-corrected chi connectivity index (χ0v) is 13.3. The van der Waals surface area contributed by atoms with Crippen LogP contribution < -0.4 is 0 Å². The van der Waals surface area contributed by atoms with Crippen LogP contribution in [-0.2, 0) is 26.6 Å². The predicted molar refractivity (Wildman–Crippen MR) is 82.7 cm³/mol. The molecule has 0 aromatic carbocycles. The van der Waals surface area contributed by atoms with E-state index in [1.165, 1.54) is 0 Å². The third-order valence-electron chi connectivity index (χ3n) is 3.74. The average molecular weight is 307 g/mol. The molecule has 0 aliphatic rings. The Kier molecular flexibility index (Phi) is 3.71. The second-order valence-electron chi connectivity index (χ2n) is 5.07. The Morgan fingerprint density at radius 3 is 2.76 bits per heavy atom. The van der Waals surface area contributed by atoms with Crippen LogP contribution in [0.2, 0.25) is 0 Å². The Balaban J connectivity index is 2.17. The third kappa shape index (κ3) is 2.33. The fourth-order valence-corrected chi connectivity index (χ4v) is 2.82. The van der Waals surface area contributed by atoms with Gasteiger partial charge in [0, 0.05) is 32.1 Å². The van der Waals surface area contributed by atoms with Crippen LogP contribution in [0.4, 0.5) is 0 Å². The minimum Gasteiger partial charge on any atom is -0.307 e. The van der Waals surface area contributed by atoms with Crippen molar-refractivity contribution in [2.24, 2.45) is 7.05 Å². The van der Waals surface area contributed by atoms with Crippen molar-refractivity contribution in [3.05, 3.63) is 29.5 Å². The number of alkyl halides is 1. The summed E-state index contributed by atoms with van der Waals surface area (Å²) in [5.74, 6) is 1.56.